The van der Waals surface area contributed by atoms with Crippen LogP contribution in [0.5, 0.6) is 0 Å². The van der Waals surface area contributed by atoms with E-state index in [0.717, 1.165) is 24.2 Å². The van der Waals surface area contributed by atoms with Crippen LogP contribution < -0.4 is 0 Å². The van der Waals surface area contributed by atoms with E-state index in [0.29, 0.717) is 0 Å². The second-order valence-corrected chi connectivity index (χ2v) is 6.96. The van der Waals surface area contributed by atoms with Crippen LogP contribution in [0.2, 0.25) is 0 Å². The van der Waals surface area contributed by atoms with E-state index in [-0.39, 0.29) is 0 Å². The van der Waals surface area contributed by atoms with Gasteiger partial charge in [-0.25, -0.2) is 0 Å². The van der Waals surface area contributed by atoms with Crippen LogP contribution in [0.3, 0.4) is 0 Å². The van der Waals surface area contributed by atoms with E-state index in [1.807, 2.05) is 6.08 Å². The summed E-state index contributed by atoms with van der Waals surface area (Å²) in [5.74, 6) is 2.59. The van der Waals surface area contributed by atoms with Crippen molar-refractivity contribution in [1.29, 1.82) is 0 Å². The molecule has 3 atom stereocenters. The highest BCUT2D eigenvalue weighted by molar-refractivity contribution is 14.1. The molecule has 0 aromatic heterocycles. The molecule has 19 heavy (non-hydrogen) atoms. The molecule has 0 radical (unpaired) electrons. The predicted molar refractivity (Wildman–Crippen MR) is 93.2 cm³/mol. The lowest BCUT2D eigenvalue weighted by molar-refractivity contribution is 0.257. The Bertz CT molecular complexity index is 435. The summed E-state index contributed by atoms with van der Waals surface area (Å²) in [5.41, 5.74) is 4.42. The maximum Gasteiger partial charge on any atom is 0.00264 e. The Labute approximate surface area is 131 Å². The largest absolute Gasteiger partial charge is 0.103 e. The Morgan fingerprint density at radius 1 is 1.37 bits per heavy atom. The molecule has 3 unspecified atom stereocenters. The number of rotatable bonds is 4. The van der Waals surface area contributed by atoms with Gasteiger partial charge in [0.1, 0.15) is 0 Å². The summed E-state index contributed by atoms with van der Waals surface area (Å²) in [6, 6.07) is 7.08. The van der Waals surface area contributed by atoms with Gasteiger partial charge in [0.25, 0.3) is 0 Å². The van der Waals surface area contributed by atoms with Crippen LogP contribution in [0, 0.1) is 18.8 Å². The zero-order chi connectivity index (χ0) is 13.8. The number of halogens is 1. The maximum absolute atomic E-state index is 3.87. The summed E-state index contributed by atoms with van der Waals surface area (Å²) < 4.78 is 1.31. The van der Waals surface area contributed by atoms with E-state index in [1.165, 1.54) is 34.8 Å². The van der Waals surface area contributed by atoms with Crippen molar-refractivity contribution in [1.82, 2.24) is 0 Å². The molecule has 0 saturated heterocycles. The second-order valence-electron chi connectivity index (χ2n) is 6.08. The molecule has 0 nitrogen and oxygen atoms in total. The van der Waals surface area contributed by atoms with Crippen LogP contribution in [0.15, 0.2) is 30.9 Å². The van der Waals surface area contributed by atoms with E-state index in [2.05, 4.69) is 61.2 Å². The summed E-state index contributed by atoms with van der Waals surface area (Å²) >= 11 is 2.56. The van der Waals surface area contributed by atoms with E-state index >= 15 is 0 Å². The summed E-state index contributed by atoms with van der Waals surface area (Å²) in [5, 5.41) is 0. The summed E-state index contributed by atoms with van der Waals surface area (Å²) in [6.07, 6.45) is 7.15. The lowest BCUT2D eigenvalue weighted by atomic mass is 9.73. The van der Waals surface area contributed by atoms with Crippen molar-refractivity contribution in [2.24, 2.45) is 11.8 Å². The highest BCUT2D eigenvalue weighted by Crippen LogP contribution is 2.40. The second kappa shape index (κ2) is 6.92. The molecule has 1 aromatic carbocycles. The molecule has 1 saturated carbocycles. The molecular formula is C18H25I. The quantitative estimate of drug-likeness (QED) is 0.364. The Kier molecular flexibility index (Phi) is 5.49. The molecule has 0 aliphatic heterocycles. The average molecular weight is 368 g/mol. The fourth-order valence-corrected chi connectivity index (χ4v) is 4.48. The molecular weight excluding hydrogens is 343 g/mol. The molecule has 2 rings (SSSR count). The van der Waals surface area contributed by atoms with Crippen molar-refractivity contribution >= 4 is 22.6 Å². The Balaban J connectivity index is 2.17. The van der Waals surface area contributed by atoms with Crippen LogP contribution in [0.25, 0.3) is 0 Å². The molecule has 0 heterocycles. The lowest BCUT2D eigenvalue weighted by Gasteiger charge is -2.34. The van der Waals surface area contributed by atoms with Gasteiger partial charge in [-0.2, -0.15) is 0 Å². The van der Waals surface area contributed by atoms with Gasteiger partial charge >= 0.3 is 0 Å². The summed E-state index contributed by atoms with van der Waals surface area (Å²) in [7, 11) is 0. The van der Waals surface area contributed by atoms with E-state index in [9.17, 15) is 0 Å². The third-order valence-electron chi connectivity index (χ3n) is 4.77. The summed E-state index contributed by atoms with van der Waals surface area (Å²) in [6.45, 7) is 8.51. The van der Waals surface area contributed by atoms with Gasteiger partial charge in [-0.15, -0.1) is 6.58 Å². The minimum absolute atomic E-state index is 0.778. The molecule has 0 amide bonds. The van der Waals surface area contributed by atoms with Crippen LogP contribution in [0.1, 0.15) is 48.8 Å². The van der Waals surface area contributed by atoms with Gasteiger partial charge < -0.3 is 0 Å². The molecule has 1 aliphatic carbocycles. The highest BCUT2D eigenvalue weighted by atomic mass is 127. The molecule has 1 aromatic rings. The van der Waals surface area contributed by atoms with Crippen LogP contribution >= 0.6 is 22.6 Å². The molecule has 1 aliphatic rings. The zero-order valence-electron chi connectivity index (χ0n) is 12.2. The van der Waals surface area contributed by atoms with Gasteiger partial charge in [0.15, 0.2) is 0 Å². The Morgan fingerprint density at radius 3 is 2.84 bits per heavy atom. The van der Waals surface area contributed by atoms with Crippen LogP contribution in [-0.4, -0.2) is 4.43 Å². The maximum atomic E-state index is 3.87. The number of allylic oxidation sites excluding steroid dienone is 1. The third kappa shape index (κ3) is 3.62. The van der Waals surface area contributed by atoms with Crippen LogP contribution in [0.4, 0.5) is 0 Å². The van der Waals surface area contributed by atoms with Crippen molar-refractivity contribution in [3.63, 3.8) is 0 Å². The summed E-state index contributed by atoms with van der Waals surface area (Å²) in [4.78, 5) is 0. The molecule has 1 heteroatoms. The number of benzene rings is 1. The average Bonchev–Trinajstić information content (AvgIpc) is 2.42. The predicted octanol–water partition coefficient (Wildman–Crippen LogP) is 5.68. The Hall–Kier alpha value is -0.310. The monoisotopic (exact) mass is 368 g/mol. The SMILES string of the molecule is C=CCc1cc(C2CCC(C)C(CI)C2)ccc1C. The molecule has 0 N–H and O–H groups in total. The first-order chi connectivity index (χ1) is 9.15. The van der Waals surface area contributed by atoms with Gasteiger partial charge in [-0.1, -0.05) is 53.8 Å². The first kappa shape index (κ1) is 15.1. The van der Waals surface area contributed by atoms with Gasteiger partial charge in [-0.3, -0.25) is 0 Å². The van der Waals surface area contributed by atoms with Gasteiger partial charge in [0, 0.05) is 4.43 Å². The number of alkyl halides is 1. The molecule has 0 bridgehead atoms. The first-order valence-electron chi connectivity index (χ1n) is 7.42. The minimum Gasteiger partial charge on any atom is -0.103 e. The molecule has 0 spiro atoms. The number of hydrogen-bond acceptors (Lipinski definition) is 0. The third-order valence-corrected chi connectivity index (χ3v) is 5.90. The van der Waals surface area contributed by atoms with Crippen molar-refractivity contribution in [3.05, 3.63) is 47.5 Å². The van der Waals surface area contributed by atoms with Crippen molar-refractivity contribution in [2.45, 2.75) is 45.4 Å². The van der Waals surface area contributed by atoms with Gasteiger partial charge in [0.2, 0.25) is 0 Å². The van der Waals surface area contributed by atoms with Crippen molar-refractivity contribution < 1.29 is 0 Å². The molecule has 104 valence electrons. The van der Waals surface area contributed by atoms with Crippen molar-refractivity contribution in [2.75, 3.05) is 4.43 Å². The first-order valence-corrected chi connectivity index (χ1v) is 8.94. The van der Waals surface area contributed by atoms with E-state index < -0.39 is 0 Å². The lowest BCUT2D eigenvalue weighted by Crippen LogP contribution is -2.23. The molecule has 1 fully saturated rings. The fraction of sp³-hybridized carbons (Fsp3) is 0.556. The number of hydrogen-bond donors (Lipinski definition) is 0. The van der Waals surface area contributed by atoms with E-state index in [4.69, 9.17) is 0 Å². The number of aryl methyl sites for hydroxylation is 1. The normalized spacial score (nSPS) is 27.2. The van der Waals surface area contributed by atoms with Crippen LogP contribution in [-0.2, 0) is 6.42 Å². The standard InChI is InChI=1S/C18H25I/c1-4-5-15-10-16(8-6-13(15)2)17-9-7-14(3)18(11-17)12-19/h4,6,8,10,14,17-18H,1,5,7,9,11-12H2,2-3H3. The fourth-order valence-electron chi connectivity index (χ4n) is 3.25. The van der Waals surface area contributed by atoms with E-state index in [1.54, 1.807) is 5.56 Å². The minimum atomic E-state index is 0.778. The van der Waals surface area contributed by atoms with Crippen molar-refractivity contribution in [3.8, 4) is 0 Å². The smallest absolute Gasteiger partial charge is 0.00264 e. The van der Waals surface area contributed by atoms with Gasteiger partial charge in [-0.05, 0) is 67.1 Å². The Morgan fingerprint density at radius 2 is 2.16 bits per heavy atom. The highest BCUT2D eigenvalue weighted by Gasteiger charge is 2.27. The zero-order valence-corrected chi connectivity index (χ0v) is 14.3. The van der Waals surface area contributed by atoms with Gasteiger partial charge in [0.05, 0.1) is 0 Å². The topological polar surface area (TPSA) is 0 Å².